The fourth-order valence-corrected chi connectivity index (χ4v) is 0.845. The molecule has 1 rings (SSSR count). The molecule has 3 N–H and O–H groups in total. The van der Waals surface area contributed by atoms with Crippen LogP contribution in [-0.4, -0.2) is 11.7 Å². The molecule has 1 aromatic rings. The number of nitrogens with two attached hydrogens (primary N) is 1. The minimum absolute atomic E-state index is 0.282. The van der Waals surface area contributed by atoms with Crippen LogP contribution in [0.4, 0.5) is 4.39 Å². The monoisotopic (exact) mass is 167 g/mol. The molecule has 0 radical (unpaired) electrons. The molecule has 0 unspecified atom stereocenters. The second kappa shape index (κ2) is 3.36. The van der Waals surface area contributed by atoms with Gasteiger partial charge in [0.2, 0.25) is 0 Å². The van der Waals surface area contributed by atoms with Crippen molar-refractivity contribution in [1.82, 2.24) is 0 Å². The summed E-state index contributed by atoms with van der Waals surface area (Å²) in [4.78, 5) is 0. The van der Waals surface area contributed by atoms with E-state index in [2.05, 4.69) is 6.58 Å². The molecule has 0 bridgehead atoms. The van der Waals surface area contributed by atoms with Crippen LogP contribution in [0, 0.1) is 5.82 Å². The van der Waals surface area contributed by atoms with Crippen molar-refractivity contribution < 1.29 is 9.50 Å². The Bertz CT molecular complexity index is 309. The zero-order valence-corrected chi connectivity index (χ0v) is 6.55. The standard InChI is InChI=1S/C9H10FNO/c1-6(5-11)7-2-3-9(12)8(10)4-7/h2-4,12H,1,5,11H2. The normalized spacial score (nSPS) is 9.83. The van der Waals surface area contributed by atoms with Crippen molar-refractivity contribution >= 4 is 5.57 Å². The van der Waals surface area contributed by atoms with Crippen LogP contribution < -0.4 is 5.73 Å². The van der Waals surface area contributed by atoms with E-state index in [9.17, 15) is 4.39 Å². The molecule has 0 saturated heterocycles. The first-order valence-electron chi connectivity index (χ1n) is 3.52. The molecule has 0 fully saturated rings. The highest BCUT2D eigenvalue weighted by Gasteiger charge is 2.02. The molecular formula is C9H10FNO. The number of phenols is 1. The van der Waals surface area contributed by atoms with Crippen LogP contribution in [0.25, 0.3) is 5.57 Å². The number of hydrogen-bond acceptors (Lipinski definition) is 2. The summed E-state index contributed by atoms with van der Waals surface area (Å²) in [5, 5.41) is 8.86. The Hall–Kier alpha value is -1.35. The van der Waals surface area contributed by atoms with Crippen LogP contribution in [0.3, 0.4) is 0 Å². The largest absolute Gasteiger partial charge is 0.505 e. The molecule has 1 aromatic carbocycles. The Morgan fingerprint density at radius 1 is 1.58 bits per heavy atom. The number of hydrogen-bond donors (Lipinski definition) is 2. The molecule has 0 atom stereocenters. The summed E-state index contributed by atoms with van der Waals surface area (Å²) in [6.45, 7) is 3.92. The van der Waals surface area contributed by atoms with E-state index < -0.39 is 5.82 Å². The van der Waals surface area contributed by atoms with Crippen LogP contribution >= 0.6 is 0 Å². The molecule has 0 aromatic heterocycles. The topological polar surface area (TPSA) is 46.2 Å². The van der Waals surface area contributed by atoms with Gasteiger partial charge in [-0.3, -0.25) is 0 Å². The summed E-state index contributed by atoms with van der Waals surface area (Å²) < 4.78 is 12.7. The Balaban J connectivity index is 3.05. The summed E-state index contributed by atoms with van der Waals surface area (Å²) in [6, 6.07) is 4.07. The van der Waals surface area contributed by atoms with Crippen molar-refractivity contribution in [1.29, 1.82) is 0 Å². The van der Waals surface area contributed by atoms with Crippen LogP contribution in [0.5, 0.6) is 5.75 Å². The molecule has 0 heterocycles. The SMILES string of the molecule is C=C(CN)c1ccc(O)c(F)c1. The van der Waals surface area contributed by atoms with Gasteiger partial charge >= 0.3 is 0 Å². The lowest BCUT2D eigenvalue weighted by atomic mass is 10.1. The van der Waals surface area contributed by atoms with Crippen molar-refractivity contribution in [3.05, 3.63) is 36.2 Å². The first kappa shape index (κ1) is 8.74. The van der Waals surface area contributed by atoms with E-state index in [1.54, 1.807) is 6.07 Å². The molecule has 0 aliphatic carbocycles. The van der Waals surface area contributed by atoms with E-state index in [4.69, 9.17) is 10.8 Å². The third kappa shape index (κ3) is 1.62. The average molecular weight is 167 g/mol. The van der Waals surface area contributed by atoms with Gasteiger partial charge in [0.25, 0.3) is 0 Å². The molecule has 3 heteroatoms. The summed E-state index contributed by atoms with van der Waals surface area (Å²) in [6.07, 6.45) is 0. The molecule has 0 aliphatic rings. The van der Waals surface area contributed by atoms with E-state index >= 15 is 0 Å². The van der Waals surface area contributed by atoms with Crippen LogP contribution in [0.15, 0.2) is 24.8 Å². The average Bonchev–Trinajstić information content (AvgIpc) is 2.08. The summed E-state index contributed by atoms with van der Waals surface area (Å²) in [5.74, 6) is -1.01. The third-order valence-corrected chi connectivity index (χ3v) is 1.60. The maximum atomic E-state index is 12.7. The summed E-state index contributed by atoms with van der Waals surface area (Å²) in [7, 11) is 0. The van der Waals surface area contributed by atoms with E-state index in [-0.39, 0.29) is 12.3 Å². The first-order valence-corrected chi connectivity index (χ1v) is 3.52. The van der Waals surface area contributed by atoms with Crippen molar-refractivity contribution in [2.24, 2.45) is 5.73 Å². The lowest BCUT2D eigenvalue weighted by Gasteiger charge is -2.02. The van der Waals surface area contributed by atoms with Crippen molar-refractivity contribution in [3.63, 3.8) is 0 Å². The fourth-order valence-electron chi connectivity index (χ4n) is 0.845. The van der Waals surface area contributed by atoms with Gasteiger partial charge in [0.05, 0.1) is 0 Å². The molecule has 0 spiro atoms. The highest BCUT2D eigenvalue weighted by Crippen LogP contribution is 2.19. The van der Waals surface area contributed by atoms with Crippen molar-refractivity contribution in [2.75, 3.05) is 6.54 Å². The van der Waals surface area contributed by atoms with Gasteiger partial charge in [0.15, 0.2) is 11.6 Å². The summed E-state index contributed by atoms with van der Waals surface area (Å²) >= 11 is 0. The van der Waals surface area contributed by atoms with Gasteiger partial charge in [-0.25, -0.2) is 4.39 Å². The van der Waals surface area contributed by atoms with Gasteiger partial charge < -0.3 is 10.8 Å². The highest BCUT2D eigenvalue weighted by atomic mass is 19.1. The number of aromatic hydroxyl groups is 1. The molecule has 2 nitrogen and oxygen atoms in total. The van der Waals surface area contributed by atoms with E-state index in [1.807, 2.05) is 0 Å². The predicted molar refractivity (Wildman–Crippen MR) is 46.2 cm³/mol. The maximum absolute atomic E-state index is 12.7. The van der Waals surface area contributed by atoms with Gasteiger partial charge in [-0.1, -0.05) is 12.6 Å². The van der Waals surface area contributed by atoms with Crippen LogP contribution in [0.1, 0.15) is 5.56 Å². The minimum Gasteiger partial charge on any atom is -0.505 e. The second-order valence-electron chi connectivity index (χ2n) is 2.47. The number of phenolic OH excluding ortho intramolecular Hbond substituents is 1. The molecule has 0 amide bonds. The zero-order chi connectivity index (χ0) is 9.14. The third-order valence-electron chi connectivity index (χ3n) is 1.60. The smallest absolute Gasteiger partial charge is 0.165 e. The Kier molecular flexibility index (Phi) is 2.45. The van der Waals surface area contributed by atoms with E-state index in [0.29, 0.717) is 11.1 Å². The zero-order valence-electron chi connectivity index (χ0n) is 6.55. The Morgan fingerprint density at radius 2 is 2.25 bits per heavy atom. The summed E-state index contributed by atoms with van der Waals surface area (Å²) in [5.41, 5.74) is 6.57. The Morgan fingerprint density at radius 3 is 2.75 bits per heavy atom. The predicted octanol–water partition coefficient (Wildman–Crippen LogP) is 1.50. The molecule has 12 heavy (non-hydrogen) atoms. The van der Waals surface area contributed by atoms with Crippen molar-refractivity contribution in [2.45, 2.75) is 0 Å². The second-order valence-corrected chi connectivity index (χ2v) is 2.47. The van der Waals surface area contributed by atoms with Gasteiger partial charge in [0.1, 0.15) is 0 Å². The Labute approximate surface area is 70.1 Å². The van der Waals surface area contributed by atoms with Gasteiger partial charge in [-0.2, -0.15) is 0 Å². The quantitative estimate of drug-likeness (QED) is 0.701. The maximum Gasteiger partial charge on any atom is 0.165 e. The fraction of sp³-hybridized carbons (Fsp3) is 0.111. The van der Waals surface area contributed by atoms with E-state index in [0.717, 1.165) is 0 Å². The number of rotatable bonds is 2. The van der Waals surface area contributed by atoms with Gasteiger partial charge in [-0.15, -0.1) is 0 Å². The van der Waals surface area contributed by atoms with Crippen LogP contribution in [-0.2, 0) is 0 Å². The van der Waals surface area contributed by atoms with E-state index in [1.165, 1.54) is 12.1 Å². The lowest BCUT2D eigenvalue weighted by Crippen LogP contribution is -2.00. The van der Waals surface area contributed by atoms with Crippen molar-refractivity contribution in [3.8, 4) is 5.75 Å². The molecular weight excluding hydrogens is 157 g/mol. The van der Waals surface area contributed by atoms with Gasteiger partial charge in [0, 0.05) is 6.54 Å². The molecule has 0 aliphatic heterocycles. The molecule has 0 saturated carbocycles. The minimum atomic E-state index is -0.651. The van der Waals surface area contributed by atoms with Crippen LogP contribution in [0.2, 0.25) is 0 Å². The molecule has 64 valence electrons. The first-order chi connectivity index (χ1) is 5.65. The van der Waals surface area contributed by atoms with Gasteiger partial charge in [-0.05, 0) is 23.3 Å². The number of halogens is 1. The lowest BCUT2D eigenvalue weighted by molar-refractivity contribution is 0.432. The number of benzene rings is 1. The highest BCUT2D eigenvalue weighted by molar-refractivity contribution is 5.65.